The Labute approximate surface area is 159 Å². The maximum atomic E-state index is 5.68. The van der Waals surface area contributed by atoms with Crippen LogP contribution in [0.15, 0.2) is 24.5 Å². The Hall–Kier alpha value is -2.25. The van der Waals surface area contributed by atoms with Crippen LogP contribution in [-0.4, -0.2) is 60.5 Å². The highest BCUT2D eigenvalue weighted by Gasteiger charge is 2.36. The number of rotatable bonds is 3. The summed E-state index contributed by atoms with van der Waals surface area (Å²) in [6.07, 6.45) is 5.69. The minimum Gasteiger partial charge on any atom is -0.381 e. The van der Waals surface area contributed by atoms with Gasteiger partial charge in [0.15, 0.2) is 0 Å². The highest BCUT2D eigenvalue weighted by atomic mass is 16.5. The van der Waals surface area contributed by atoms with Gasteiger partial charge in [-0.3, -0.25) is 4.98 Å². The van der Waals surface area contributed by atoms with Crippen molar-refractivity contribution >= 4 is 17.5 Å². The average Bonchev–Trinajstić information content (AvgIpc) is 3.36. The van der Waals surface area contributed by atoms with Crippen molar-refractivity contribution in [1.29, 1.82) is 0 Å². The molecule has 7 nitrogen and oxygen atoms in total. The third-order valence-electron chi connectivity index (χ3n) is 5.73. The van der Waals surface area contributed by atoms with Gasteiger partial charge >= 0.3 is 0 Å². The summed E-state index contributed by atoms with van der Waals surface area (Å²) in [6.45, 7) is 6.97. The molecule has 3 aliphatic heterocycles. The largest absolute Gasteiger partial charge is 0.381 e. The van der Waals surface area contributed by atoms with Gasteiger partial charge in [0.05, 0.1) is 25.5 Å². The Bertz CT molecular complexity index is 804. The molecule has 142 valence electrons. The van der Waals surface area contributed by atoms with Crippen molar-refractivity contribution in [2.45, 2.75) is 31.7 Å². The number of hydrogen-bond acceptors (Lipinski definition) is 7. The number of anilines is 3. The van der Waals surface area contributed by atoms with Gasteiger partial charge in [-0.15, -0.1) is 0 Å². The molecule has 5 rings (SSSR count). The molecule has 3 aliphatic rings. The van der Waals surface area contributed by atoms with Gasteiger partial charge in [-0.1, -0.05) is 0 Å². The van der Waals surface area contributed by atoms with E-state index in [0.29, 0.717) is 12.0 Å². The molecule has 0 aromatic carbocycles. The van der Waals surface area contributed by atoms with Crippen LogP contribution in [0.1, 0.15) is 30.5 Å². The standard InChI is InChI=1S/C20H25N5O2/c1-14-12-17-18(15-4-9-27-13-15)22-20(24-7-10-26-11-8-24)23-19(17)25(14)16-2-5-21-6-3-16/h2-3,5-6,14-15H,4,7-13H2,1H3. The SMILES string of the molecule is CC1Cc2c(C3CCOC3)nc(N3CCOCC3)nc2N1c1ccncc1. The van der Waals surface area contributed by atoms with Crippen LogP contribution >= 0.6 is 0 Å². The molecule has 2 atom stereocenters. The summed E-state index contributed by atoms with van der Waals surface area (Å²) in [5, 5.41) is 0. The van der Waals surface area contributed by atoms with Gasteiger partial charge in [-0.05, 0) is 31.9 Å². The fourth-order valence-electron chi connectivity index (χ4n) is 4.34. The molecule has 0 aliphatic carbocycles. The number of fused-ring (bicyclic) bond motifs is 1. The number of pyridine rings is 1. The van der Waals surface area contributed by atoms with Crippen LogP contribution in [0.2, 0.25) is 0 Å². The van der Waals surface area contributed by atoms with Crippen LogP contribution in [-0.2, 0) is 15.9 Å². The molecule has 5 heterocycles. The molecule has 0 spiro atoms. The molecule has 2 saturated heterocycles. The van der Waals surface area contributed by atoms with Gasteiger partial charge < -0.3 is 19.3 Å². The van der Waals surface area contributed by atoms with E-state index in [0.717, 1.165) is 69.8 Å². The number of morpholine rings is 1. The monoisotopic (exact) mass is 367 g/mol. The van der Waals surface area contributed by atoms with Crippen molar-refractivity contribution in [2.75, 3.05) is 49.3 Å². The zero-order chi connectivity index (χ0) is 18.2. The second-order valence-electron chi connectivity index (χ2n) is 7.50. The van der Waals surface area contributed by atoms with Crippen LogP contribution in [0, 0.1) is 0 Å². The van der Waals surface area contributed by atoms with Crippen molar-refractivity contribution in [2.24, 2.45) is 0 Å². The highest BCUT2D eigenvalue weighted by Crippen LogP contribution is 2.42. The normalized spacial score (nSPS) is 25.1. The Morgan fingerprint density at radius 1 is 1.04 bits per heavy atom. The molecule has 2 unspecified atom stereocenters. The Kier molecular flexibility index (Phi) is 4.41. The maximum absolute atomic E-state index is 5.68. The first kappa shape index (κ1) is 16.9. The van der Waals surface area contributed by atoms with E-state index < -0.39 is 0 Å². The van der Waals surface area contributed by atoms with Crippen molar-refractivity contribution in [3.8, 4) is 0 Å². The summed E-state index contributed by atoms with van der Waals surface area (Å²) in [4.78, 5) is 18.8. The molecule has 2 fully saturated rings. The molecular formula is C20H25N5O2. The fourth-order valence-corrected chi connectivity index (χ4v) is 4.34. The van der Waals surface area contributed by atoms with Crippen LogP contribution in [0.5, 0.6) is 0 Å². The summed E-state index contributed by atoms with van der Waals surface area (Å²) in [5.41, 5.74) is 3.60. The van der Waals surface area contributed by atoms with Gasteiger partial charge in [0.2, 0.25) is 5.95 Å². The Morgan fingerprint density at radius 2 is 1.85 bits per heavy atom. The van der Waals surface area contributed by atoms with Gasteiger partial charge in [0, 0.05) is 55.3 Å². The Morgan fingerprint density at radius 3 is 2.59 bits per heavy atom. The second-order valence-corrected chi connectivity index (χ2v) is 7.50. The lowest BCUT2D eigenvalue weighted by Gasteiger charge is -2.29. The van der Waals surface area contributed by atoms with E-state index in [9.17, 15) is 0 Å². The fraction of sp³-hybridized carbons (Fsp3) is 0.550. The van der Waals surface area contributed by atoms with E-state index in [1.54, 1.807) is 0 Å². The van der Waals surface area contributed by atoms with Crippen molar-refractivity contribution in [3.05, 3.63) is 35.8 Å². The molecule has 0 saturated carbocycles. The molecule has 2 aromatic rings. The summed E-state index contributed by atoms with van der Waals surface area (Å²) >= 11 is 0. The summed E-state index contributed by atoms with van der Waals surface area (Å²) in [7, 11) is 0. The molecule has 0 amide bonds. The average molecular weight is 367 g/mol. The highest BCUT2D eigenvalue weighted by molar-refractivity contribution is 5.69. The third-order valence-corrected chi connectivity index (χ3v) is 5.73. The van der Waals surface area contributed by atoms with E-state index in [2.05, 4.69) is 33.8 Å². The zero-order valence-corrected chi connectivity index (χ0v) is 15.7. The van der Waals surface area contributed by atoms with E-state index in [4.69, 9.17) is 19.4 Å². The van der Waals surface area contributed by atoms with Crippen molar-refractivity contribution in [3.63, 3.8) is 0 Å². The predicted molar refractivity (Wildman–Crippen MR) is 103 cm³/mol. The minimum atomic E-state index is 0.345. The summed E-state index contributed by atoms with van der Waals surface area (Å²) in [6, 6.07) is 4.46. The summed E-state index contributed by atoms with van der Waals surface area (Å²) in [5.74, 6) is 2.24. The molecule has 27 heavy (non-hydrogen) atoms. The lowest BCUT2D eigenvalue weighted by atomic mass is 9.98. The lowest BCUT2D eigenvalue weighted by molar-refractivity contribution is 0.122. The Balaban J connectivity index is 1.62. The van der Waals surface area contributed by atoms with Crippen LogP contribution in [0.4, 0.5) is 17.5 Å². The second kappa shape index (κ2) is 7.05. The van der Waals surface area contributed by atoms with Gasteiger partial charge in [-0.2, -0.15) is 4.98 Å². The van der Waals surface area contributed by atoms with Crippen LogP contribution < -0.4 is 9.80 Å². The minimum absolute atomic E-state index is 0.345. The predicted octanol–water partition coefficient (Wildman–Crippen LogP) is 2.29. The van der Waals surface area contributed by atoms with Gasteiger partial charge in [0.25, 0.3) is 0 Å². The van der Waals surface area contributed by atoms with Gasteiger partial charge in [0.1, 0.15) is 5.82 Å². The molecule has 0 bridgehead atoms. The van der Waals surface area contributed by atoms with E-state index in [1.807, 2.05) is 12.4 Å². The van der Waals surface area contributed by atoms with Crippen molar-refractivity contribution < 1.29 is 9.47 Å². The van der Waals surface area contributed by atoms with Crippen LogP contribution in [0.3, 0.4) is 0 Å². The number of ether oxygens (including phenoxy) is 2. The smallest absolute Gasteiger partial charge is 0.227 e. The molecule has 0 N–H and O–H groups in total. The summed E-state index contributed by atoms with van der Waals surface area (Å²) < 4.78 is 11.2. The van der Waals surface area contributed by atoms with E-state index >= 15 is 0 Å². The number of aromatic nitrogens is 3. The molecule has 2 aromatic heterocycles. The van der Waals surface area contributed by atoms with Crippen molar-refractivity contribution in [1.82, 2.24) is 15.0 Å². The molecular weight excluding hydrogens is 342 g/mol. The topological polar surface area (TPSA) is 63.6 Å². The zero-order valence-electron chi connectivity index (χ0n) is 15.7. The van der Waals surface area contributed by atoms with Gasteiger partial charge in [-0.25, -0.2) is 4.98 Å². The van der Waals surface area contributed by atoms with Crippen LogP contribution in [0.25, 0.3) is 0 Å². The first-order valence-electron chi connectivity index (χ1n) is 9.82. The van der Waals surface area contributed by atoms with E-state index in [-0.39, 0.29) is 0 Å². The lowest BCUT2D eigenvalue weighted by Crippen LogP contribution is -2.38. The molecule has 7 heteroatoms. The van der Waals surface area contributed by atoms with E-state index in [1.165, 1.54) is 11.3 Å². The maximum Gasteiger partial charge on any atom is 0.227 e. The number of nitrogens with zero attached hydrogens (tertiary/aromatic N) is 5. The quantitative estimate of drug-likeness (QED) is 0.825. The molecule has 0 radical (unpaired) electrons. The third kappa shape index (κ3) is 3.04. The number of hydrogen-bond donors (Lipinski definition) is 0. The first-order chi connectivity index (χ1) is 13.3. The first-order valence-corrected chi connectivity index (χ1v) is 9.82.